The van der Waals surface area contributed by atoms with Crippen LogP contribution >= 0.6 is 0 Å². The van der Waals surface area contributed by atoms with Gasteiger partial charge in [-0.1, -0.05) is 36.4 Å². The second-order valence-corrected chi connectivity index (χ2v) is 4.58. The van der Waals surface area contributed by atoms with Gasteiger partial charge in [-0.2, -0.15) is 0 Å². The second kappa shape index (κ2) is 5.17. The maximum absolute atomic E-state index is 12.1. The first-order valence-corrected chi connectivity index (χ1v) is 6.48. The van der Waals surface area contributed by atoms with E-state index in [4.69, 9.17) is 0 Å². The average molecular weight is 265 g/mol. The lowest BCUT2D eigenvalue weighted by Crippen LogP contribution is -2.42. The molecule has 0 atom stereocenters. The topological polar surface area (TPSA) is 35.9 Å². The van der Waals surface area contributed by atoms with Gasteiger partial charge in [-0.15, -0.1) is 0 Å². The van der Waals surface area contributed by atoms with Crippen LogP contribution in [-0.2, 0) is 4.79 Å². The fraction of sp³-hybridized carbons (Fsp3) is 0.125. The fourth-order valence-corrected chi connectivity index (χ4v) is 2.25. The highest BCUT2D eigenvalue weighted by molar-refractivity contribution is 6.25. The van der Waals surface area contributed by atoms with Gasteiger partial charge in [-0.05, 0) is 24.3 Å². The molecule has 1 amide bonds. The van der Waals surface area contributed by atoms with Crippen molar-refractivity contribution in [1.29, 1.82) is 0 Å². The molecular formula is C16H15N3O. The zero-order valence-corrected chi connectivity index (χ0v) is 11.2. The van der Waals surface area contributed by atoms with Gasteiger partial charge in [0.25, 0.3) is 5.91 Å². The number of hydrogen-bond acceptors (Lipinski definition) is 3. The molecule has 100 valence electrons. The van der Waals surface area contributed by atoms with Crippen LogP contribution in [0.4, 0.5) is 11.4 Å². The summed E-state index contributed by atoms with van der Waals surface area (Å²) in [4.78, 5) is 20.1. The Morgan fingerprint density at radius 1 is 1.00 bits per heavy atom. The quantitative estimate of drug-likeness (QED) is 0.836. The minimum atomic E-state index is -0.00557. The average Bonchev–Trinajstić information content (AvgIpc) is 2.90. The summed E-state index contributed by atoms with van der Waals surface area (Å²) >= 11 is 0. The first-order chi connectivity index (χ1) is 9.77. The number of rotatable bonds is 2. The minimum absolute atomic E-state index is 0.00557. The largest absolute Gasteiger partial charge is 0.315 e. The van der Waals surface area contributed by atoms with Crippen LogP contribution in [0, 0.1) is 0 Å². The highest BCUT2D eigenvalue weighted by Crippen LogP contribution is 2.22. The second-order valence-electron chi connectivity index (χ2n) is 4.58. The van der Waals surface area contributed by atoms with Crippen LogP contribution in [-0.4, -0.2) is 25.5 Å². The first kappa shape index (κ1) is 12.4. The number of benzene rings is 2. The molecular weight excluding hydrogens is 250 g/mol. The van der Waals surface area contributed by atoms with Gasteiger partial charge < -0.3 is 4.90 Å². The number of guanidine groups is 1. The zero-order chi connectivity index (χ0) is 13.9. The number of amides is 1. The SMILES string of the molecule is CN(C1=NCC(=O)N1c1ccccc1)c1ccccc1. The van der Waals surface area contributed by atoms with Gasteiger partial charge in [-0.3, -0.25) is 4.79 Å². The molecule has 0 unspecified atom stereocenters. The lowest BCUT2D eigenvalue weighted by Gasteiger charge is -2.26. The van der Waals surface area contributed by atoms with Crippen LogP contribution in [0.15, 0.2) is 65.7 Å². The summed E-state index contributed by atoms with van der Waals surface area (Å²) in [7, 11) is 1.92. The van der Waals surface area contributed by atoms with Gasteiger partial charge >= 0.3 is 0 Å². The van der Waals surface area contributed by atoms with Crippen molar-refractivity contribution in [2.24, 2.45) is 4.99 Å². The van der Waals surface area contributed by atoms with Gasteiger partial charge in [0.2, 0.25) is 5.96 Å². The number of anilines is 2. The van der Waals surface area contributed by atoms with E-state index in [1.807, 2.05) is 72.6 Å². The molecule has 0 spiro atoms. The van der Waals surface area contributed by atoms with Crippen molar-refractivity contribution in [3.05, 3.63) is 60.7 Å². The molecule has 20 heavy (non-hydrogen) atoms. The zero-order valence-electron chi connectivity index (χ0n) is 11.2. The maximum Gasteiger partial charge on any atom is 0.255 e. The molecule has 0 aromatic heterocycles. The number of hydrogen-bond donors (Lipinski definition) is 0. The summed E-state index contributed by atoms with van der Waals surface area (Å²) in [5, 5.41) is 0. The molecule has 0 aliphatic carbocycles. The van der Waals surface area contributed by atoms with E-state index >= 15 is 0 Å². The normalized spacial score (nSPS) is 14.3. The smallest absolute Gasteiger partial charge is 0.255 e. The standard InChI is InChI=1S/C16H15N3O/c1-18(13-8-4-2-5-9-13)16-17-12-15(20)19(16)14-10-6-3-7-11-14/h2-11H,12H2,1H3. The van der Waals surface area contributed by atoms with E-state index in [-0.39, 0.29) is 12.5 Å². The Morgan fingerprint density at radius 3 is 2.25 bits per heavy atom. The summed E-state index contributed by atoms with van der Waals surface area (Å²) < 4.78 is 0. The van der Waals surface area contributed by atoms with Crippen LogP contribution in [0.3, 0.4) is 0 Å². The molecule has 0 N–H and O–H groups in total. The van der Waals surface area contributed by atoms with Crippen LogP contribution in [0.1, 0.15) is 0 Å². The van der Waals surface area contributed by atoms with Crippen LogP contribution < -0.4 is 9.80 Å². The molecule has 0 saturated heterocycles. The predicted octanol–water partition coefficient (Wildman–Crippen LogP) is 2.53. The van der Waals surface area contributed by atoms with Gasteiger partial charge in [-0.25, -0.2) is 9.89 Å². The third-order valence-corrected chi connectivity index (χ3v) is 3.26. The molecule has 0 radical (unpaired) electrons. The Bertz CT molecular complexity index is 637. The van der Waals surface area contributed by atoms with Gasteiger partial charge in [0.05, 0.1) is 5.69 Å². The maximum atomic E-state index is 12.1. The molecule has 0 saturated carbocycles. The summed E-state index contributed by atoms with van der Waals surface area (Å²) in [6.07, 6.45) is 0. The highest BCUT2D eigenvalue weighted by Gasteiger charge is 2.29. The monoisotopic (exact) mass is 265 g/mol. The molecule has 2 aromatic carbocycles. The number of nitrogens with zero attached hydrogens (tertiary/aromatic N) is 3. The molecule has 4 nitrogen and oxygen atoms in total. The van der Waals surface area contributed by atoms with E-state index in [1.54, 1.807) is 4.90 Å². The third kappa shape index (κ3) is 2.16. The molecule has 1 aliphatic heterocycles. The van der Waals surface area contributed by atoms with Crippen molar-refractivity contribution in [2.75, 3.05) is 23.4 Å². The summed E-state index contributed by atoms with van der Waals surface area (Å²) in [6.45, 7) is 0.196. The van der Waals surface area contributed by atoms with Crippen LogP contribution in [0.25, 0.3) is 0 Å². The van der Waals surface area contributed by atoms with Crippen molar-refractivity contribution in [2.45, 2.75) is 0 Å². The van der Waals surface area contributed by atoms with E-state index < -0.39 is 0 Å². The van der Waals surface area contributed by atoms with Crippen molar-refractivity contribution < 1.29 is 4.79 Å². The Kier molecular flexibility index (Phi) is 3.21. The molecule has 1 aliphatic rings. The van der Waals surface area contributed by atoms with Crippen molar-refractivity contribution in [1.82, 2.24) is 0 Å². The van der Waals surface area contributed by atoms with Crippen molar-refractivity contribution >= 4 is 23.2 Å². The summed E-state index contributed by atoms with van der Waals surface area (Å²) in [5.74, 6) is 0.654. The Labute approximate surface area is 118 Å². The molecule has 1 heterocycles. The molecule has 4 heteroatoms. The Hall–Kier alpha value is -2.62. The number of carbonyl (C=O) groups excluding carboxylic acids is 1. The fourth-order valence-electron chi connectivity index (χ4n) is 2.25. The van der Waals surface area contributed by atoms with Gasteiger partial charge in [0.15, 0.2) is 0 Å². The van der Waals surface area contributed by atoms with E-state index in [2.05, 4.69) is 4.99 Å². The van der Waals surface area contributed by atoms with Crippen LogP contribution in [0.2, 0.25) is 0 Å². The van der Waals surface area contributed by atoms with E-state index in [9.17, 15) is 4.79 Å². The third-order valence-electron chi connectivity index (χ3n) is 3.26. The summed E-state index contributed by atoms with van der Waals surface area (Å²) in [5.41, 5.74) is 1.85. The van der Waals surface area contributed by atoms with Crippen molar-refractivity contribution in [3.63, 3.8) is 0 Å². The van der Waals surface area contributed by atoms with E-state index in [1.165, 1.54) is 0 Å². The Morgan fingerprint density at radius 2 is 1.60 bits per heavy atom. The molecule has 3 rings (SSSR count). The van der Waals surface area contributed by atoms with Gasteiger partial charge in [0.1, 0.15) is 6.54 Å². The lowest BCUT2D eigenvalue weighted by molar-refractivity contribution is -0.115. The van der Waals surface area contributed by atoms with E-state index in [0.717, 1.165) is 11.4 Å². The predicted molar refractivity (Wildman–Crippen MR) is 81.1 cm³/mol. The lowest BCUT2D eigenvalue weighted by atomic mass is 10.3. The van der Waals surface area contributed by atoms with Crippen LogP contribution in [0.5, 0.6) is 0 Å². The number of aliphatic imine (C=N–C) groups is 1. The molecule has 0 fully saturated rings. The molecule has 2 aromatic rings. The molecule has 0 bridgehead atoms. The summed E-state index contributed by atoms with van der Waals surface area (Å²) in [6, 6.07) is 19.5. The number of carbonyl (C=O) groups is 1. The van der Waals surface area contributed by atoms with E-state index in [0.29, 0.717) is 5.96 Å². The number of para-hydroxylation sites is 2. The minimum Gasteiger partial charge on any atom is -0.315 e. The Balaban J connectivity index is 1.95. The highest BCUT2D eigenvalue weighted by atomic mass is 16.2. The van der Waals surface area contributed by atoms with Crippen molar-refractivity contribution in [3.8, 4) is 0 Å². The first-order valence-electron chi connectivity index (χ1n) is 6.48. The van der Waals surface area contributed by atoms with Gasteiger partial charge in [0, 0.05) is 12.7 Å².